The van der Waals surface area contributed by atoms with Gasteiger partial charge in [-0.05, 0) is 35.7 Å². The van der Waals surface area contributed by atoms with Gasteiger partial charge in [0, 0.05) is 12.6 Å². The van der Waals surface area contributed by atoms with Crippen molar-refractivity contribution in [2.45, 2.75) is 26.7 Å². The van der Waals surface area contributed by atoms with Crippen molar-refractivity contribution < 1.29 is 22.8 Å². The number of hydrogen-bond donors (Lipinski definition) is 1. The third kappa shape index (κ3) is 4.41. The normalized spacial score (nSPS) is 10.7. The molecule has 0 aliphatic heterocycles. The Morgan fingerprint density at radius 3 is 2.15 bits per heavy atom. The summed E-state index contributed by atoms with van der Waals surface area (Å²) in [6, 6.07) is 8.76. The molecule has 0 aliphatic rings. The minimum Gasteiger partial charge on any atom is -0.325 e. The molecule has 2 rings (SSSR count). The molecule has 0 fully saturated rings. The molecule has 0 aliphatic carbocycles. The van der Waals surface area contributed by atoms with E-state index in [9.17, 15) is 22.8 Å². The number of nitrogens with zero attached hydrogens (tertiary/aromatic N) is 1. The highest BCUT2D eigenvalue weighted by Crippen LogP contribution is 2.24. The number of nitrogens with one attached hydrogen (secondary N) is 1. The molecule has 0 radical (unpaired) electrons. The topological polar surface area (TPSA) is 49.4 Å². The number of benzene rings is 2. The predicted octanol–water partition coefficient (Wildman–Crippen LogP) is 4.22. The monoisotopic (exact) mass is 364 g/mol. The summed E-state index contributed by atoms with van der Waals surface area (Å²) in [5, 5.41) is 2.59. The molecule has 26 heavy (non-hydrogen) atoms. The first-order valence-corrected chi connectivity index (χ1v) is 8.02. The zero-order chi connectivity index (χ0) is 19.4. The molecule has 4 nitrogen and oxygen atoms in total. The Bertz CT molecular complexity index is 820. The van der Waals surface area contributed by atoms with Crippen LogP contribution in [0.3, 0.4) is 0 Å². The van der Waals surface area contributed by atoms with Gasteiger partial charge in [0.05, 0.1) is 5.69 Å². The fourth-order valence-electron chi connectivity index (χ4n) is 2.39. The summed E-state index contributed by atoms with van der Waals surface area (Å²) in [5.74, 6) is -5.52. The van der Waals surface area contributed by atoms with Crippen molar-refractivity contribution in [3.63, 3.8) is 0 Å². The van der Waals surface area contributed by atoms with Crippen LogP contribution in [0.25, 0.3) is 0 Å². The Labute approximate surface area is 149 Å². The molecule has 0 saturated heterocycles. The lowest BCUT2D eigenvalue weighted by Crippen LogP contribution is -2.37. The fraction of sp³-hybridized carbons (Fsp3) is 0.263. The van der Waals surface area contributed by atoms with Crippen molar-refractivity contribution in [2.75, 3.05) is 16.8 Å². The van der Waals surface area contributed by atoms with Crippen LogP contribution in [0.15, 0.2) is 36.4 Å². The van der Waals surface area contributed by atoms with E-state index in [2.05, 4.69) is 5.32 Å². The third-order valence-corrected chi connectivity index (χ3v) is 3.85. The molecule has 2 aromatic carbocycles. The lowest BCUT2D eigenvalue weighted by Gasteiger charge is -2.21. The van der Waals surface area contributed by atoms with Crippen LogP contribution in [-0.4, -0.2) is 18.4 Å². The van der Waals surface area contributed by atoms with E-state index in [1.165, 1.54) is 0 Å². The summed E-state index contributed by atoms with van der Waals surface area (Å²) < 4.78 is 40.4. The van der Waals surface area contributed by atoms with E-state index >= 15 is 0 Å². The molecular formula is C19H19F3N2O2. The van der Waals surface area contributed by atoms with E-state index in [1.807, 2.05) is 26.0 Å². The van der Waals surface area contributed by atoms with Gasteiger partial charge < -0.3 is 10.2 Å². The number of amides is 2. The van der Waals surface area contributed by atoms with Crippen molar-refractivity contribution in [2.24, 2.45) is 0 Å². The number of carbonyl (C=O) groups excluding carboxylic acids is 2. The smallest absolute Gasteiger partial charge is 0.244 e. The van der Waals surface area contributed by atoms with E-state index in [4.69, 9.17) is 0 Å². The van der Waals surface area contributed by atoms with Gasteiger partial charge in [-0.3, -0.25) is 9.59 Å². The van der Waals surface area contributed by atoms with Crippen LogP contribution in [0.2, 0.25) is 0 Å². The Kier molecular flexibility index (Phi) is 6.02. The first-order valence-electron chi connectivity index (χ1n) is 8.02. The minimum atomic E-state index is -1.70. The van der Waals surface area contributed by atoms with Crippen molar-refractivity contribution in [3.05, 3.63) is 59.4 Å². The quantitative estimate of drug-likeness (QED) is 0.808. The average molecular weight is 364 g/mol. The van der Waals surface area contributed by atoms with Crippen LogP contribution in [0, 0.1) is 17.5 Å². The van der Waals surface area contributed by atoms with Gasteiger partial charge in [-0.1, -0.05) is 26.0 Å². The first-order chi connectivity index (χ1) is 12.2. The fourth-order valence-corrected chi connectivity index (χ4v) is 2.39. The summed E-state index contributed by atoms with van der Waals surface area (Å²) in [5.41, 5.74) is 1.10. The second-order valence-electron chi connectivity index (χ2n) is 6.12. The number of rotatable bonds is 5. The standard InChI is InChI=1S/C19H19F3N2O2/c1-11(2)13-4-6-14(7-5-13)23-17(26)10-24(12(3)25)16-9-8-15(20)18(21)19(16)22/h4-9,11H,10H2,1-3H3,(H,23,26). The van der Waals surface area contributed by atoms with Gasteiger partial charge >= 0.3 is 0 Å². The molecule has 0 spiro atoms. The third-order valence-electron chi connectivity index (χ3n) is 3.85. The molecule has 0 bridgehead atoms. The zero-order valence-electron chi connectivity index (χ0n) is 14.6. The van der Waals surface area contributed by atoms with Crippen molar-refractivity contribution in [1.82, 2.24) is 0 Å². The lowest BCUT2D eigenvalue weighted by molar-refractivity contribution is -0.120. The van der Waals surface area contributed by atoms with Gasteiger partial charge in [0.2, 0.25) is 11.8 Å². The summed E-state index contributed by atoms with van der Waals surface area (Å²) in [6.07, 6.45) is 0. The number of anilines is 2. The maximum absolute atomic E-state index is 13.9. The van der Waals surface area contributed by atoms with E-state index in [-0.39, 0.29) is 0 Å². The van der Waals surface area contributed by atoms with Crippen molar-refractivity contribution in [1.29, 1.82) is 0 Å². The lowest BCUT2D eigenvalue weighted by atomic mass is 10.0. The Morgan fingerprint density at radius 1 is 1.00 bits per heavy atom. The molecule has 7 heteroatoms. The maximum atomic E-state index is 13.9. The van der Waals surface area contributed by atoms with Crippen LogP contribution in [-0.2, 0) is 9.59 Å². The summed E-state index contributed by atoms with van der Waals surface area (Å²) >= 11 is 0. The van der Waals surface area contributed by atoms with Crippen LogP contribution in [0.5, 0.6) is 0 Å². The van der Waals surface area contributed by atoms with E-state index in [0.717, 1.165) is 23.5 Å². The SMILES string of the molecule is CC(=O)N(CC(=O)Nc1ccc(C(C)C)cc1)c1ccc(F)c(F)c1F. The maximum Gasteiger partial charge on any atom is 0.244 e. The first kappa shape index (κ1) is 19.5. The molecule has 0 heterocycles. The number of halogens is 3. The minimum absolute atomic E-state index is 0.337. The van der Waals surface area contributed by atoms with Crippen LogP contribution in [0.1, 0.15) is 32.3 Å². The summed E-state index contributed by atoms with van der Waals surface area (Å²) in [6.45, 7) is 4.64. The number of carbonyl (C=O) groups is 2. The number of hydrogen-bond acceptors (Lipinski definition) is 2. The largest absolute Gasteiger partial charge is 0.325 e. The molecule has 0 saturated carbocycles. The molecule has 138 valence electrons. The molecule has 2 amide bonds. The molecule has 1 N–H and O–H groups in total. The van der Waals surface area contributed by atoms with Gasteiger partial charge in [-0.2, -0.15) is 0 Å². The summed E-state index contributed by atoms with van der Waals surface area (Å²) in [7, 11) is 0. The zero-order valence-corrected chi connectivity index (χ0v) is 14.6. The van der Waals surface area contributed by atoms with Gasteiger partial charge in [-0.25, -0.2) is 13.2 Å². The van der Waals surface area contributed by atoms with Gasteiger partial charge in [-0.15, -0.1) is 0 Å². The molecular weight excluding hydrogens is 345 g/mol. The highest BCUT2D eigenvalue weighted by Gasteiger charge is 2.23. The molecule has 0 unspecified atom stereocenters. The predicted molar refractivity (Wildman–Crippen MR) is 93.5 cm³/mol. The van der Waals surface area contributed by atoms with Gasteiger partial charge in [0.1, 0.15) is 6.54 Å². The second-order valence-corrected chi connectivity index (χ2v) is 6.12. The van der Waals surface area contributed by atoms with Crippen LogP contribution < -0.4 is 10.2 Å². The van der Waals surface area contributed by atoms with Crippen molar-refractivity contribution >= 4 is 23.2 Å². The van der Waals surface area contributed by atoms with Crippen molar-refractivity contribution in [3.8, 4) is 0 Å². The van der Waals surface area contributed by atoms with E-state index < -0.39 is 41.5 Å². The highest BCUT2D eigenvalue weighted by molar-refractivity contribution is 6.01. The van der Waals surface area contributed by atoms with Crippen LogP contribution in [0.4, 0.5) is 24.5 Å². The van der Waals surface area contributed by atoms with Gasteiger partial charge in [0.15, 0.2) is 17.5 Å². The van der Waals surface area contributed by atoms with E-state index in [0.29, 0.717) is 17.7 Å². The van der Waals surface area contributed by atoms with Crippen LogP contribution >= 0.6 is 0 Å². The average Bonchev–Trinajstić information content (AvgIpc) is 2.58. The van der Waals surface area contributed by atoms with Gasteiger partial charge in [0.25, 0.3) is 0 Å². The molecule has 0 aromatic heterocycles. The van der Waals surface area contributed by atoms with E-state index in [1.54, 1.807) is 12.1 Å². The highest BCUT2D eigenvalue weighted by atomic mass is 19.2. The summed E-state index contributed by atoms with van der Waals surface area (Å²) in [4.78, 5) is 24.7. The Balaban J connectivity index is 2.16. The Hall–Kier alpha value is -2.83. The second kappa shape index (κ2) is 8.03. The Morgan fingerprint density at radius 2 is 1.62 bits per heavy atom. The molecule has 0 atom stereocenters. The molecule has 2 aromatic rings.